The van der Waals surface area contributed by atoms with Crippen molar-refractivity contribution in [2.45, 2.75) is 238 Å². The zero-order chi connectivity index (χ0) is 39.5. The van der Waals surface area contributed by atoms with Crippen LogP contribution in [-0.2, 0) is 27.9 Å². The summed E-state index contributed by atoms with van der Waals surface area (Å²) in [6, 6.07) is 0. The van der Waals surface area contributed by atoms with Crippen LogP contribution in [-0.4, -0.2) is 49.9 Å². The van der Waals surface area contributed by atoms with Gasteiger partial charge in [-0.2, -0.15) is 0 Å². The lowest BCUT2D eigenvalue weighted by Gasteiger charge is -2.20. The molecule has 0 saturated heterocycles. The number of hydrogen-bond donors (Lipinski definition) is 2. The first-order chi connectivity index (χ1) is 26.4. The second kappa shape index (κ2) is 43.4. The van der Waals surface area contributed by atoms with Crippen molar-refractivity contribution in [3.05, 3.63) is 12.2 Å². The van der Waals surface area contributed by atoms with Crippen LogP contribution in [0.5, 0.6) is 0 Å². The number of hydrogen-bond acceptors (Lipinski definition) is 7. The molecule has 0 rings (SSSR count). The van der Waals surface area contributed by atoms with Gasteiger partial charge in [0.1, 0.15) is 6.10 Å². The Morgan fingerprint density at radius 3 is 1.35 bits per heavy atom. The highest BCUT2D eigenvalue weighted by Gasteiger charge is 2.25. The molecule has 9 heteroatoms. The van der Waals surface area contributed by atoms with E-state index in [1.807, 2.05) is 0 Å². The number of ether oxygens (including phenoxy) is 2. The molecule has 0 aromatic carbocycles. The summed E-state index contributed by atoms with van der Waals surface area (Å²) in [7, 11) is -4.27. The average molecular weight is 788 g/mol. The third-order valence-corrected chi connectivity index (χ3v) is 11.2. The molecule has 0 aliphatic carbocycles. The summed E-state index contributed by atoms with van der Waals surface area (Å²) >= 11 is 0. The van der Waals surface area contributed by atoms with Gasteiger partial charge < -0.3 is 20.1 Å². The van der Waals surface area contributed by atoms with Crippen molar-refractivity contribution in [2.75, 3.05) is 33.0 Å². The molecule has 0 fully saturated rings. The molecule has 0 bridgehead atoms. The van der Waals surface area contributed by atoms with Crippen molar-refractivity contribution in [1.29, 1.82) is 0 Å². The zero-order valence-corrected chi connectivity index (χ0v) is 36.6. The highest BCUT2D eigenvalue weighted by molar-refractivity contribution is 7.47. The van der Waals surface area contributed by atoms with Gasteiger partial charge in [-0.25, -0.2) is 4.57 Å². The van der Waals surface area contributed by atoms with E-state index >= 15 is 0 Å². The molecule has 0 spiro atoms. The molecule has 0 aromatic heterocycles. The molecular formula is C45H90NO7P. The molecule has 0 amide bonds. The van der Waals surface area contributed by atoms with Crippen molar-refractivity contribution < 1.29 is 32.8 Å². The van der Waals surface area contributed by atoms with E-state index in [0.29, 0.717) is 13.0 Å². The Hall–Kier alpha value is -0.760. The maximum atomic E-state index is 12.6. The van der Waals surface area contributed by atoms with Crippen LogP contribution in [0.2, 0.25) is 0 Å². The fourth-order valence-corrected chi connectivity index (χ4v) is 7.52. The van der Waals surface area contributed by atoms with E-state index in [1.54, 1.807) is 0 Å². The summed E-state index contributed by atoms with van der Waals surface area (Å²) < 4.78 is 33.5. The Morgan fingerprint density at radius 2 is 0.926 bits per heavy atom. The van der Waals surface area contributed by atoms with Gasteiger partial charge in [-0.05, 0) is 38.5 Å². The predicted molar refractivity (Wildman–Crippen MR) is 229 cm³/mol. The van der Waals surface area contributed by atoms with E-state index in [4.69, 9.17) is 24.3 Å². The molecule has 0 saturated carbocycles. The highest BCUT2D eigenvalue weighted by Crippen LogP contribution is 2.43. The Bertz CT molecular complexity index is 843. The molecule has 0 heterocycles. The first kappa shape index (κ1) is 53.2. The quantitative estimate of drug-likeness (QED) is 0.0271. The Balaban J connectivity index is 3.96. The van der Waals surface area contributed by atoms with Gasteiger partial charge in [0, 0.05) is 19.6 Å². The number of carbonyl (C=O) groups excluding carboxylic acids is 1. The number of carbonyl (C=O) groups is 1. The van der Waals surface area contributed by atoms with E-state index in [2.05, 4.69) is 26.0 Å². The largest absolute Gasteiger partial charge is 0.472 e. The lowest BCUT2D eigenvalue weighted by molar-refractivity contribution is -0.154. The summed E-state index contributed by atoms with van der Waals surface area (Å²) in [5, 5.41) is 0. The Morgan fingerprint density at radius 1 is 0.537 bits per heavy atom. The standard InChI is InChI=1S/C45H90NO7P/c1-3-5-7-9-11-13-15-17-19-21-22-23-24-26-28-30-32-34-36-38-45(47)53-44(43-52-54(48,49)51-41-39-46)42-50-40-37-35-33-31-29-27-25-20-18-16-14-12-10-8-6-4-2/h17,19,44H,3-16,18,20-43,46H2,1-2H3,(H,48,49)/b19-17-. The molecule has 0 radical (unpaired) electrons. The minimum Gasteiger partial charge on any atom is -0.457 e. The van der Waals surface area contributed by atoms with Gasteiger partial charge in [0.05, 0.1) is 19.8 Å². The van der Waals surface area contributed by atoms with Gasteiger partial charge in [-0.15, -0.1) is 0 Å². The Kier molecular flexibility index (Phi) is 42.8. The van der Waals surface area contributed by atoms with Gasteiger partial charge in [0.2, 0.25) is 0 Å². The SMILES string of the molecule is CCCCCCCC/C=C\CCCCCCCCCCCC(=O)OC(COCCCCCCCCCCCCCCCCCC)COP(=O)(O)OCCN. The summed E-state index contributed by atoms with van der Waals surface area (Å²) in [4.78, 5) is 22.5. The molecule has 0 aliphatic rings. The van der Waals surface area contributed by atoms with Crippen LogP contribution >= 0.6 is 7.82 Å². The maximum Gasteiger partial charge on any atom is 0.472 e. The molecular weight excluding hydrogens is 697 g/mol. The normalized spacial score (nSPS) is 13.5. The first-order valence-corrected chi connectivity index (χ1v) is 24.7. The van der Waals surface area contributed by atoms with E-state index in [1.165, 1.54) is 180 Å². The van der Waals surface area contributed by atoms with E-state index in [0.717, 1.165) is 32.1 Å². The second-order valence-electron chi connectivity index (χ2n) is 15.6. The van der Waals surface area contributed by atoms with Crippen LogP contribution in [0.15, 0.2) is 12.2 Å². The fourth-order valence-electron chi connectivity index (χ4n) is 6.76. The monoisotopic (exact) mass is 788 g/mol. The van der Waals surface area contributed by atoms with E-state index < -0.39 is 13.9 Å². The van der Waals surface area contributed by atoms with Gasteiger partial charge >= 0.3 is 13.8 Å². The third kappa shape index (κ3) is 42.4. The molecule has 3 N–H and O–H groups in total. The highest BCUT2D eigenvalue weighted by atomic mass is 31.2. The van der Waals surface area contributed by atoms with Crippen LogP contribution in [0.1, 0.15) is 232 Å². The summed E-state index contributed by atoms with van der Waals surface area (Å²) in [5.41, 5.74) is 5.38. The number of unbranched alkanes of at least 4 members (excludes halogenated alkanes) is 30. The minimum absolute atomic E-state index is 0.0923. The van der Waals surface area contributed by atoms with Crippen LogP contribution in [0.3, 0.4) is 0 Å². The van der Waals surface area contributed by atoms with Gasteiger partial charge in [-0.3, -0.25) is 13.8 Å². The number of rotatable bonds is 45. The molecule has 8 nitrogen and oxygen atoms in total. The van der Waals surface area contributed by atoms with Crippen LogP contribution in [0.4, 0.5) is 0 Å². The van der Waals surface area contributed by atoms with E-state index in [9.17, 15) is 14.3 Å². The molecule has 2 atom stereocenters. The number of phosphoric acid groups is 1. The van der Waals surface area contributed by atoms with Gasteiger partial charge in [-0.1, -0.05) is 199 Å². The lowest BCUT2D eigenvalue weighted by Crippen LogP contribution is -2.28. The van der Waals surface area contributed by atoms with E-state index in [-0.39, 0.29) is 32.3 Å². The number of allylic oxidation sites excluding steroid dienone is 2. The number of esters is 1. The van der Waals surface area contributed by atoms with Crippen molar-refractivity contribution in [3.8, 4) is 0 Å². The summed E-state index contributed by atoms with van der Waals surface area (Å²) in [6.45, 7) is 4.97. The van der Waals surface area contributed by atoms with Crippen LogP contribution < -0.4 is 5.73 Å². The predicted octanol–water partition coefficient (Wildman–Crippen LogP) is 13.9. The number of phosphoric ester groups is 1. The van der Waals surface area contributed by atoms with Crippen LogP contribution in [0.25, 0.3) is 0 Å². The maximum absolute atomic E-state index is 12.6. The Labute approximate surface area is 334 Å². The van der Waals surface area contributed by atoms with Crippen molar-refractivity contribution in [1.82, 2.24) is 0 Å². The smallest absolute Gasteiger partial charge is 0.457 e. The average Bonchev–Trinajstić information content (AvgIpc) is 3.16. The topological polar surface area (TPSA) is 117 Å². The molecule has 2 unspecified atom stereocenters. The van der Waals surface area contributed by atoms with Crippen LogP contribution in [0, 0.1) is 0 Å². The van der Waals surface area contributed by atoms with Gasteiger partial charge in [0.25, 0.3) is 0 Å². The summed E-state index contributed by atoms with van der Waals surface area (Å²) in [5.74, 6) is -0.328. The molecule has 0 aromatic rings. The zero-order valence-electron chi connectivity index (χ0n) is 35.7. The van der Waals surface area contributed by atoms with Crippen molar-refractivity contribution in [3.63, 3.8) is 0 Å². The number of nitrogens with two attached hydrogens (primary N) is 1. The minimum atomic E-state index is -4.27. The molecule has 322 valence electrons. The fraction of sp³-hybridized carbons (Fsp3) is 0.933. The molecule has 0 aliphatic heterocycles. The van der Waals surface area contributed by atoms with Gasteiger partial charge in [0.15, 0.2) is 0 Å². The lowest BCUT2D eigenvalue weighted by atomic mass is 10.0. The first-order valence-electron chi connectivity index (χ1n) is 23.2. The van der Waals surface area contributed by atoms with Crippen molar-refractivity contribution in [2.24, 2.45) is 5.73 Å². The second-order valence-corrected chi connectivity index (χ2v) is 17.1. The summed E-state index contributed by atoms with van der Waals surface area (Å²) in [6.07, 6.45) is 46.6. The van der Waals surface area contributed by atoms with Crippen molar-refractivity contribution >= 4 is 13.8 Å². The third-order valence-electron chi connectivity index (χ3n) is 10.2. The molecule has 54 heavy (non-hydrogen) atoms.